The van der Waals surface area contributed by atoms with Gasteiger partial charge in [0.1, 0.15) is 30.2 Å². The summed E-state index contributed by atoms with van der Waals surface area (Å²) in [6, 6.07) is 18.7. The lowest BCUT2D eigenvalue weighted by atomic mass is 9.97. The van der Waals surface area contributed by atoms with E-state index in [1.807, 2.05) is 31.4 Å². The number of carbonyl (C=O) groups excluding carboxylic acids is 8. The number of H-pyrrole nitrogens is 1. The summed E-state index contributed by atoms with van der Waals surface area (Å²) in [7, 11) is 6.59. The topological polar surface area (TPSA) is 380 Å². The molecule has 5 N–H and O–H groups in total. The minimum atomic E-state index is -0.719. The van der Waals surface area contributed by atoms with E-state index in [2.05, 4.69) is 61.4 Å². The standard InChI is InChI=1S/C43H57N11O12.C35H49ClFN5O6/c1-44-37(55)8-14-60-16-18-63-22-24-65-29-33-28-53(50-48-33)13-15-61-17-19-62-20-21-64-23-25-66-30-36-47-31-54(49-36)41-39-38(35(59-2)27-46-41)34(26-45-39)40(56)43(58)52-11-9-51(10-12-52)42(57)32-6-4-3-5-7-32;1-38-33(44)11-17-47-19-20-48-18-16-41(2)13-6-12-39-34(45)35(46)40-24-28-9-8-27(23-29(28)25-42-14-4-3-5-15-42)32(43)22-26-7-10-30(36)31(37)21-26/h3-7,26-28,31,45H,8-25,29-30H2,1-2H3,(H,44,55);7-10,21,23H,3-6,11-20,22,24-25H2,1-2H3,(H,38,44)(H,39,45)(H,40,46). The molecule has 34 nitrogen and oxygen atoms in total. The summed E-state index contributed by atoms with van der Waals surface area (Å²) in [6.07, 6.45) is 11.0. The minimum Gasteiger partial charge on any atom is -0.494 e. The molecule has 6 amide bonds. The number of benzene rings is 3. The first-order chi connectivity index (χ1) is 55.5. The van der Waals surface area contributed by atoms with E-state index in [0.29, 0.717) is 228 Å². The molecular weight excluding hydrogens is 1500 g/mol. The smallest absolute Gasteiger partial charge is 0.309 e. The van der Waals surface area contributed by atoms with Crippen molar-refractivity contribution in [1.29, 1.82) is 0 Å². The third kappa shape index (κ3) is 30.9. The number of rotatable bonds is 50. The van der Waals surface area contributed by atoms with Crippen molar-refractivity contribution in [3.8, 4) is 11.6 Å². The molecule has 620 valence electrons. The second-order valence-corrected chi connectivity index (χ2v) is 26.9. The van der Waals surface area contributed by atoms with Gasteiger partial charge in [0.25, 0.3) is 17.6 Å². The molecule has 6 heterocycles. The van der Waals surface area contributed by atoms with E-state index < -0.39 is 29.3 Å². The highest BCUT2D eigenvalue weighted by Gasteiger charge is 2.32. The Bertz CT molecular complexity index is 4140. The van der Waals surface area contributed by atoms with Gasteiger partial charge in [-0.15, -0.1) is 10.2 Å². The van der Waals surface area contributed by atoms with Crippen LogP contribution in [0.2, 0.25) is 5.02 Å². The van der Waals surface area contributed by atoms with Gasteiger partial charge in [0.05, 0.1) is 160 Å². The molecule has 0 spiro atoms. The second kappa shape index (κ2) is 50.6. The first kappa shape index (κ1) is 89.9. The van der Waals surface area contributed by atoms with Crippen LogP contribution in [0.25, 0.3) is 16.7 Å². The molecule has 3 aromatic carbocycles. The molecule has 2 aliphatic heterocycles. The summed E-state index contributed by atoms with van der Waals surface area (Å²) >= 11 is 5.79. The number of nitrogens with one attached hydrogen (secondary N) is 5. The zero-order chi connectivity index (χ0) is 81.1. The van der Waals surface area contributed by atoms with Gasteiger partial charge in [0.2, 0.25) is 11.8 Å². The van der Waals surface area contributed by atoms with Crippen LogP contribution >= 0.6 is 11.6 Å². The van der Waals surface area contributed by atoms with E-state index in [9.17, 15) is 42.7 Å². The molecule has 2 aliphatic rings. The van der Waals surface area contributed by atoms with Crippen molar-refractivity contribution in [1.82, 2.24) is 80.6 Å². The number of likely N-dealkylation sites (N-methyl/N-ethyl adjacent to an activating group) is 1. The lowest BCUT2D eigenvalue weighted by Gasteiger charge is -2.34. The summed E-state index contributed by atoms with van der Waals surface area (Å²) in [5.41, 5.74) is 4.63. The lowest BCUT2D eigenvalue weighted by molar-refractivity contribution is -0.139. The highest BCUT2D eigenvalue weighted by Crippen LogP contribution is 2.32. The minimum absolute atomic E-state index is 0.0102. The van der Waals surface area contributed by atoms with E-state index in [4.69, 9.17) is 59.0 Å². The van der Waals surface area contributed by atoms with E-state index in [0.717, 1.165) is 37.1 Å². The number of fused-ring (bicyclic) bond motifs is 1. The number of halogens is 2. The summed E-state index contributed by atoms with van der Waals surface area (Å²) in [5, 5.41) is 23.6. The Balaban J connectivity index is 0.000000301. The normalized spacial score (nSPS) is 13.0. The lowest BCUT2D eigenvalue weighted by Crippen LogP contribution is -2.52. The van der Waals surface area contributed by atoms with Crippen molar-refractivity contribution in [2.24, 2.45) is 0 Å². The number of likely N-dealkylation sites (tertiary alicyclic amines) is 1. The first-order valence-corrected chi connectivity index (χ1v) is 38.6. The Morgan fingerprint density at radius 2 is 1.25 bits per heavy atom. The number of ether oxygens (including phenoxy) is 10. The van der Waals surface area contributed by atoms with Gasteiger partial charge < -0.3 is 88.3 Å². The molecule has 0 saturated carbocycles. The van der Waals surface area contributed by atoms with Gasteiger partial charge in [0, 0.05) is 103 Å². The number of methoxy groups -OCH3 is 1. The third-order valence-electron chi connectivity index (χ3n) is 18.2. The first-order valence-electron chi connectivity index (χ1n) is 38.2. The number of piperidine rings is 1. The molecule has 2 saturated heterocycles. The molecule has 114 heavy (non-hydrogen) atoms. The maximum atomic E-state index is 13.9. The molecule has 7 aromatic rings. The predicted octanol–water partition coefficient (Wildman–Crippen LogP) is 3.98. The Labute approximate surface area is 666 Å². The van der Waals surface area contributed by atoms with E-state index in [-0.39, 0.29) is 66.8 Å². The molecule has 0 unspecified atom stereocenters. The number of hydrogen-bond acceptors (Lipinski definition) is 25. The van der Waals surface area contributed by atoms with E-state index in [1.54, 1.807) is 60.1 Å². The number of aromatic nitrogens is 8. The fraction of sp³-hybridized carbons (Fsp3) is 0.526. The molecule has 2 fully saturated rings. The number of hydrogen-bond donors (Lipinski definition) is 5. The molecule has 0 bridgehead atoms. The van der Waals surface area contributed by atoms with Crippen molar-refractivity contribution in [3.63, 3.8) is 0 Å². The zero-order valence-electron chi connectivity index (χ0n) is 65.3. The average Bonchev–Trinajstić information content (AvgIpc) is 1.60. The van der Waals surface area contributed by atoms with Gasteiger partial charge in [-0.25, -0.2) is 23.7 Å². The quantitative estimate of drug-likeness (QED) is 0.0204. The van der Waals surface area contributed by atoms with Crippen molar-refractivity contribution >= 4 is 69.5 Å². The Morgan fingerprint density at radius 1 is 0.632 bits per heavy atom. The van der Waals surface area contributed by atoms with Gasteiger partial charge >= 0.3 is 11.8 Å². The van der Waals surface area contributed by atoms with Crippen LogP contribution in [0.5, 0.6) is 5.75 Å². The van der Waals surface area contributed by atoms with Gasteiger partial charge in [-0.05, 0) is 93.0 Å². The van der Waals surface area contributed by atoms with Gasteiger partial charge in [-0.3, -0.25) is 43.3 Å². The van der Waals surface area contributed by atoms with E-state index >= 15 is 0 Å². The number of aromatic amines is 1. The van der Waals surface area contributed by atoms with Crippen LogP contribution in [0, 0.1) is 5.82 Å². The number of piperazine rings is 1. The van der Waals surface area contributed by atoms with Crippen molar-refractivity contribution in [3.05, 3.63) is 147 Å². The summed E-state index contributed by atoms with van der Waals surface area (Å²) in [5.74, 6) is -2.68. The number of Topliss-reactive ketones (excluding diaryl/α,β-unsaturated/α-hetero) is 2. The summed E-state index contributed by atoms with van der Waals surface area (Å²) in [4.78, 5) is 120. The molecule has 36 heteroatoms. The Hall–Kier alpha value is -9.63. The average molecular weight is 1610 g/mol. The molecule has 0 aliphatic carbocycles. The molecule has 9 rings (SSSR count). The van der Waals surface area contributed by atoms with Crippen molar-refractivity contribution in [2.75, 3.05) is 193 Å². The van der Waals surface area contributed by atoms with Crippen LogP contribution in [-0.2, 0) is 106 Å². The fourth-order valence-electron chi connectivity index (χ4n) is 11.9. The van der Waals surface area contributed by atoms with Gasteiger partial charge in [-0.2, -0.15) is 0 Å². The zero-order valence-corrected chi connectivity index (χ0v) is 66.1. The van der Waals surface area contributed by atoms with Crippen LogP contribution in [0.1, 0.15) is 97.8 Å². The SMILES string of the molecule is CNC(=O)CCOCCOCCN(C)CCCNC(=O)C(=O)NCc1ccc(C(=O)Cc2ccc(Cl)c(F)c2)cc1CN1CCCCC1.CNC(=O)CCOCCOCCOCc1cn(CCOCCOCCOCCOCc2ncn(-c3ncc(OC)c4c(C(=O)C(=O)N5CCN(C(=O)c6ccccc6)CC5)c[nH]c34)n2)nn1. The molecular formula is C78H106ClFN16O18. The van der Waals surface area contributed by atoms with Crippen LogP contribution in [0.4, 0.5) is 4.39 Å². The van der Waals surface area contributed by atoms with E-state index in [1.165, 1.54) is 54.0 Å². The third-order valence-corrected chi connectivity index (χ3v) is 18.5. The highest BCUT2D eigenvalue weighted by molar-refractivity contribution is 6.45. The summed E-state index contributed by atoms with van der Waals surface area (Å²) < 4.78 is 72.4. The number of ketones is 2. The van der Waals surface area contributed by atoms with Crippen LogP contribution in [0.15, 0.2) is 91.6 Å². The number of nitrogens with zero attached hydrogens (tertiary/aromatic N) is 11. The van der Waals surface area contributed by atoms with Crippen molar-refractivity contribution < 1.29 is 90.1 Å². The number of amides is 6. The monoisotopic (exact) mass is 1610 g/mol. The maximum Gasteiger partial charge on any atom is 0.309 e. The number of carbonyl (C=O) groups is 8. The largest absolute Gasteiger partial charge is 0.494 e. The highest BCUT2D eigenvalue weighted by atomic mass is 35.5. The fourth-order valence-corrected chi connectivity index (χ4v) is 12.0. The maximum absolute atomic E-state index is 13.9. The number of pyridine rings is 1. The van der Waals surface area contributed by atoms with Crippen LogP contribution in [0.3, 0.4) is 0 Å². The molecule has 0 atom stereocenters. The molecule has 4 aromatic heterocycles. The van der Waals surface area contributed by atoms with Crippen LogP contribution < -0.4 is 26.0 Å². The predicted molar refractivity (Wildman–Crippen MR) is 415 cm³/mol. The van der Waals surface area contributed by atoms with Gasteiger partial charge in [-0.1, -0.05) is 59.6 Å². The Kier molecular flexibility index (Phi) is 39.9. The van der Waals surface area contributed by atoms with Crippen molar-refractivity contribution in [2.45, 2.75) is 77.8 Å². The van der Waals surface area contributed by atoms with Crippen LogP contribution in [-0.4, -0.2) is 299 Å². The molecule has 0 radical (unpaired) electrons. The second-order valence-electron chi connectivity index (χ2n) is 26.5. The Morgan fingerprint density at radius 3 is 1.89 bits per heavy atom. The summed E-state index contributed by atoms with van der Waals surface area (Å²) in [6.45, 7) is 13.0. The van der Waals surface area contributed by atoms with Gasteiger partial charge in [0.15, 0.2) is 17.4 Å².